The Balaban J connectivity index is 2.48. The standard InChI is InChI=1S/C14H27NO3/c1-4-5-8-18-14(17)15-11(2)9-13(6-7-16)10-12(15)3/h11-13,16H,4-10H2,1-3H3/t11-,12+,13?. The summed E-state index contributed by atoms with van der Waals surface area (Å²) >= 11 is 0. The molecule has 0 bridgehead atoms. The molecular weight excluding hydrogens is 230 g/mol. The van der Waals surface area contributed by atoms with Crippen LogP contribution in [-0.4, -0.2) is 41.4 Å². The summed E-state index contributed by atoms with van der Waals surface area (Å²) in [4.78, 5) is 13.9. The molecule has 4 heteroatoms. The summed E-state index contributed by atoms with van der Waals surface area (Å²) in [5.41, 5.74) is 0. The Kier molecular flexibility index (Phi) is 6.47. The van der Waals surface area contributed by atoms with Crippen molar-refractivity contribution in [1.82, 2.24) is 4.90 Å². The Morgan fingerprint density at radius 2 is 1.94 bits per heavy atom. The van der Waals surface area contributed by atoms with Crippen molar-refractivity contribution in [3.63, 3.8) is 0 Å². The smallest absolute Gasteiger partial charge is 0.410 e. The molecule has 0 saturated carbocycles. The van der Waals surface area contributed by atoms with Crippen LogP contribution in [0.4, 0.5) is 4.79 Å². The molecule has 106 valence electrons. The lowest BCUT2D eigenvalue weighted by atomic mass is 9.85. The van der Waals surface area contributed by atoms with Gasteiger partial charge in [0.2, 0.25) is 0 Å². The molecular formula is C14H27NO3. The largest absolute Gasteiger partial charge is 0.449 e. The molecule has 0 radical (unpaired) electrons. The highest BCUT2D eigenvalue weighted by molar-refractivity contribution is 5.68. The maximum Gasteiger partial charge on any atom is 0.410 e. The number of aliphatic hydroxyl groups is 1. The number of carbonyl (C=O) groups excluding carboxylic acids is 1. The van der Waals surface area contributed by atoms with Crippen molar-refractivity contribution in [1.29, 1.82) is 0 Å². The maximum atomic E-state index is 12.0. The van der Waals surface area contributed by atoms with Gasteiger partial charge < -0.3 is 14.7 Å². The number of hydrogen-bond acceptors (Lipinski definition) is 3. The molecule has 1 fully saturated rings. The first-order valence-electron chi connectivity index (χ1n) is 7.16. The Hall–Kier alpha value is -0.770. The first-order chi connectivity index (χ1) is 8.60. The predicted molar refractivity (Wildman–Crippen MR) is 71.4 cm³/mol. The highest BCUT2D eigenvalue weighted by Crippen LogP contribution is 2.30. The number of nitrogens with zero attached hydrogens (tertiary/aromatic N) is 1. The second-order valence-corrected chi connectivity index (χ2v) is 5.42. The van der Waals surface area contributed by atoms with E-state index in [1.165, 1.54) is 0 Å². The van der Waals surface area contributed by atoms with Gasteiger partial charge in [-0.15, -0.1) is 0 Å². The minimum atomic E-state index is -0.175. The van der Waals surface area contributed by atoms with Crippen molar-refractivity contribution in [3.05, 3.63) is 0 Å². The summed E-state index contributed by atoms with van der Waals surface area (Å²) in [5, 5.41) is 9.00. The number of carbonyl (C=O) groups is 1. The second kappa shape index (κ2) is 7.62. The van der Waals surface area contributed by atoms with Crippen LogP contribution >= 0.6 is 0 Å². The van der Waals surface area contributed by atoms with Crippen LogP contribution in [0.25, 0.3) is 0 Å². The van der Waals surface area contributed by atoms with Gasteiger partial charge in [-0.25, -0.2) is 4.79 Å². The molecule has 0 aromatic rings. The molecule has 1 amide bonds. The van der Waals surface area contributed by atoms with Gasteiger partial charge >= 0.3 is 6.09 Å². The van der Waals surface area contributed by atoms with Crippen molar-refractivity contribution < 1.29 is 14.6 Å². The number of hydrogen-bond donors (Lipinski definition) is 1. The minimum Gasteiger partial charge on any atom is -0.449 e. The fourth-order valence-electron chi connectivity index (χ4n) is 2.88. The number of aliphatic hydroxyl groups excluding tert-OH is 1. The molecule has 1 aliphatic rings. The van der Waals surface area contributed by atoms with E-state index < -0.39 is 0 Å². The fourth-order valence-corrected chi connectivity index (χ4v) is 2.88. The van der Waals surface area contributed by atoms with Crippen LogP contribution in [0.1, 0.15) is 52.9 Å². The van der Waals surface area contributed by atoms with Gasteiger partial charge in [-0.1, -0.05) is 13.3 Å². The Bertz CT molecular complexity index is 245. The third-order valence-corrected chi connectivity index (χ3v) is 3.77. The van der Waals surface area contributed by atoms with Crippen LogP contribution < -0.4 is 0 Å². The molecule has 0 aliphatic carbocycles. The van der Waals surface area contributed by atoms with Crippen LogP contribution in [-0.2, 0) is 4.74 Å². The number of ether oxygens (including phenoxy) is 1. The van der Waals surface area contributed by atoms with Gasteiger partial charge in [0, 0.05) is 18.7 Å². The SMILES string of the molecule is CCCCOC(=O)N1[C@H](C)CC(CCO)C[C@@H]1C. The number of likely N-dealkylation sites (tertiary alicyclic amines) is 1. The van der Waals surface area contributed by atoms with Crippen molar-refractivity contribution in [2.24, 2.45) is 5.92 Å². The normalized spacial score (nSPS) is 28.2. The Morgan fingerprint density at radius 1 is 1.33 bits per heavy atom. The molecule has 0 aromatic heterocycles. The number of piperidine rings is 1. The Morgan fingerprint density at radius 3 is 2.44 bits per heavy atom. The summed E-state index contributed by atoms with van der Waals surface area (Å²) in [5.74, 6) is 0.527. The van der Waals surface area contributed by atoms with Crippen molar-refractivity contribution in [3.8, 4) is 0 Å². The third kappa shape index (κ3) is 4.16. The molecule has 1 rings (SSSR count). The van der Waals surface area contributed by atoms with E-state index in [2.05, 4.69) is 20.8 Å². The number of rotatable bonds is 5. The minimum absolute atomic E-state index is 0.175. The fraction of sp³-hybridized carbons (Fsp3) is 0.929. The highest BCUT2D eigenvalue weighted by Gasteiger charge is 2.34. The summed E-state index contributed by atoms with van der Waals surface area (Å²) in [6.45, 7) is 6.98. The quantitative estimate of drug-likeness (QED) is 0.770. The first kappa shape index (κ1) is 15.3. The molecule has 0 aromatic carbocycles. The molecule has 1 saturated heterocycles. The molecule has 1 aliphatic heterocycles. The zero-order valence-electron chi connectivity index (χ0n) is 11.9. The van der Waals surface area contributed by atoms with Gasteiger partial charge in [0.25, 0.3) is 0 Å². The van der Waals surface area contributed by atoms with Gasteiger partial charge in [0.15, 0.2) is 0 Å². The van der Waals surface area contributed by atoms with Crippen molar-refractivity contribution in [2.45, 2.75) is 65.0 Å². The van der Waals surface area contributed by atoms with Crippen LogP contribution in [0.3, 0.4) is 0 Å². The summed E-state index contributed by atoms with van der Waals surface area (Å²) in [7, 11) is 0. The molecule has 1 heterocycles. The lowest BCUT2D eigenvalue weighted by Crippen LogP contribution is -2.50. The lowest BCUT2D eigenvalue weighted by Gasteiger charge is -2.41. The molecule has 4 nitrogen and oxygen atoms in total. The van der Waals surface area contributed by atoms with Crippen LogP contribution in [0, 0.1) is 5.92 Å². The van der Waals surface area contributed by atoms with E-state index in [-0.39, 0.29) is 24.8 Å². The van der Waals surface area contributed by atoms with Crippen molar-refractivity contribution >= 4 is 6.09 Å². The van der Waals surface area contributed by atoms with Gasteiger partial charge in [-0.2, -0.15) is 0 Å². The van der Waals surface area contributed by atoms with E-state index in [9.17, 15) is 4.79 Å². The number of unbranched alkanes of at least 4 members (excludes halogenated alkanes) is 1. The highest BCUT2D eigenvalue weighted by atomic mass is 16.6. The number of amides is 1. The molecule has 1 N–H and O–H groups in total. The van der Waals surface area contributed by atoms with Crippen LogP contribution in [0.5, 0.6) is 0 Å². The first-order valence-corrected chi connectivity index (χ1v) is 7.16. The van der Waals surface area contributed by atoms with Gasteiger partial charge in [0.05, 0.1) is 6.61 Å². The van der Waals surface area contributed by atoms with Gasteiger partial charge in [0.1, 0.15) is 0 Å². The monoisotopic (exact) mass is 257 g/mol. The Labute approximate surface area is 110 Å². The van der Waals surface area contributed by atoms with Gasteiger partial charge in [-0.3, -0.25) is 0 Å². The topological polar surface area (TPSA) is 49.8 Å². The second-order valence-electron chi connectivity index (χ2n) is 5.42. The molecule has 3 atom stereocenters. The van der Waals surface area contributed by atoms with Crippen LogP contribution in [0.2, 0.25) is 0 Å². The van der Waals surface area contributed by atoms with E-state index in [4.69, 9.17) is 9.84 Å². The third-order valence-electron chi connectivity index (χ3n) is 3.77. The summed E-state index contributed by atoms with van der Waals surface area (Å²) in [6, 6.07) is 0.416. The van der Waals surface area contributed by atoms with E-state index in [1.807, 2.05) is 4.90 Å². The average Bonchev–Trinajstić information content (AvgIpc) is 2.28. The maximum absolute atomic E-state index is 12.0. The zero-order chi connectivity index (χ0) is 13.5. The summed E-state index contributed by atoms with van der Waals surface area (Å²) in [6.07, 6.45) is 4.56. The van der Waals surface area contributed by atoms with Crippen LogP contribution in [0.15, 0.2) is 0 Å². The van der Waals surface area contributed by atoms with Crippen molar-refractivity contribution in [2.75, 3.05) is 13.2 Å². The molecule has 18 heavy (non-hydrogen) atoms. The van der Waals surface area contributed by atoms with Gasteiger partial charge in [-0.05, 0) is 45.4 Å². The zero-order valence-corrected chi connectivity index (χ0v) is 11.9. The predicted octanol–water partition coefficient (Wildman–Crippen LogP) is 2.79. The van der Waals surface area contributed by atoms with E-state index >= 15 is 0 Å². The summed E-state index contributed by atoms with van der Waals surface area (Å²) < 4.78 is 5.30. The average molecular weight is 257 g/mol. The molecule has 0 spiro atoms. The van der Waals surface area contributed by atoms with E-state index in [1.54, 1.807) is 0 Å². The lowest BCUT2D eigenvalue weighted by molar-refractivity contribution is 0.0362. The van der Waals surface area contributed by atoms with E-state index in [0.29, 0.717) is 12.5 Å². The molecule has 1 unspecified atom stereocenters. The van der Waals surface area contributed by atoms with E-state index in [0.717, 1.165) is 32.1 Å².